The van der Waals surface area contributed by atoms with Gasteiger partial charge in [-0.1, -0.05) is 64.5 Å². The summed E-state index contributed by atoms with van der Waals surface area (Å²) in [5, 5.41) is 23.5. The highest BCUT2D eigenvalue weighted by Gasteiger charge is 2.60. The lowest BCUT2D eigenvalue weighted by Gasteiger charge is -2.51. The lowest BCUT2D eigenvalue weighted by atomic mass is 9.71. The van der Waals surface area contributed by atoms with Crippen molar-refractivity contribution in [1.82, 2.24) is 4.98 Å². The number of fused-ring (bicyclic) bond motifs is 3. The number of allylic oxidation sites excluding steroid dienone is 2. The van der Waals surface area contributed by atoms with Crippen molar-refractivity contribution < 1.29 is 43.5 Å². The van der Waals surface area contributed by atoms with Crippen LogP contribution in [0.3, 0.4) is 0 Å². The van der Waals surface area contributed by atoms with Crippen molar-refractivity contribution in [3.8, 4) is 0 Å². The van der Waals surface area contributed by atoms with Gasteiger partial charge in [0.1, 0.15) is 35.9 Å². The molecule has 1 aromatic heterocycles. The number of esters is 2. The number of aromatic nitrogens is 1. The molecule has 3 saturated heterocycles. The number of aliphatic hydroxyl groups is 2. The summed E-state index contributed by atoms with van der Waals surface area (Å²) in [6.07, 6.45) is 9.36. The van der Waals surface area contributed by atoms with Crippen molar-refractivity contribution in [3.63, 3.8) is 0 Å². The molecule has 7 rings (SSSR count). The van der Waals surface area contributed by atoms with Crippen LogP contribution in [0.25, 0.3) is 10.2 Å². The second-order valence-corrected chi connectivity index (χ2v) is 16.9. The maximum atomic E-state index is 14.2. The summed E-state index contributed by atoms with van der Waals surface area (Å²) in [4.78, 5) is 32.2. The molecule has 53 heavy (non-hydrogen) atoms. The van der Waals surface area contributed by atoms with E-state index >= 15 is 0 Å². The van der Waals surface area contributed by atoms with E-state index in [0.29, 0.717) is 54.2 Å². The molecule has 12 atom stereocenters. The predicted molar refractivity (Wildman–Crippen MR) is 201 cm³/mol. The molecule has 4 aliphatic heterocycles. The minimum atomic E-state index is -1.82. The van der Waals surface area contributed by atoms with Crippen LogP contribution in [0.15, 0.2) is 70.8 Å². The zero-order chi connectivity index (χ0) is 37.7. The molecule has 0 saturated carbocycles. The van der Waals surface area contributed by atoms with Crippen molar-refractivity contribution in [2.75, 3.05) is 6.61 Å². The van der Waals surface area contributed by atoms with E-state index in [1.165, 1.54) is 11.3 Å². The van der Waals surface area contributed by atoms with Gasteiger partial charge in [0.25, 0.3) is 0 Å². The maximum absolute atomic E-state index is 14.2. The van der Waals surface area contributed by atoms with Crippen LogP contribution in [-0.4, -0.2) is 81.8 Å². The van der Waals surface area contributed by atoms with E-state index < -0.39 is 53.7 Å². The molecule has 286 valence electrons. The highest BCUT2D eigenvalue weighted by Crippen LogP contribution is 2.48. The monoisotopic (exact) mass is 747 g/mol. The Morgan fingerprint density at radius 1 is 1.17 bits per heavy atom. The zero-order valence-electron chi connectivity index (χ0n) is 31.5. The quantitative estimate of drug-likeness (QED) is 0.249. The molecular weight excluding hydrogens is 695 g/mol. The Kier molecular flexibility index (Phi) is 10.9. The van der Waals surface area contributed by atoms with E-state index in [-0.39, 0.29) is 24.7 Å². The molecule has 10 nitrogen and oxygen atoms in total. The van der Waals surface area contributed by atoms with Gasteiger partial charge in [-0.05, 0) is 73.4 Å². The van der Waals surface area contributed by atoms with Crippen LogP contribution >= 0.6 is 11.3 Å². The van der Waals surface area contributed by atoms with Crippen LogP contribution < -0.4 is 0 Å². The Bertz CT molecular complexity index is 1830. The first-order valence-corrected chi connectivity index (χ1v) is 20.0. The Morgan fingerprint density at radius 3 is 2.77 bits per heavy atom. The number of hydrogen-bond acceptors (Lipinski definition) is 11. The number of thiazole rings is 1. The largest absolute Gasteiger partial charge is 0.462 e. The molecule has 1 aromatic carbocycles. The van der Waals surface area contributed by atoms with Crippen LogP contribution in [0.4, 0.5) is 0 Å². The SMILES string of the molecule is CC[C@H](C)[C@H]1O[C@]2(CC[C@@H]1C)C[C@@H]1C[C@@H](C/C=C(\C)[C@@H](OC(=O)c3ccc4ncsc4c3)[C@@H](C)/C=C/C=C3\CO[C@@H]4[C@H](O)C(C)=C[C@@H](C(=O)O1)[C@]34O)O2. The number of nitrogens with zero attached hydrogens (tertiary/aromatic N) is 1. The molecule has 11 heteroatoms. The van der Waals surface area contributed by atoms with Crippen molar-refractivity contribution in [2.45, 2.75) is 128 Å². The maximum Gasteiger partial charge on any atom is 0.338 e. The van der Waals surface area contributed by atoms with Gasteiger partial charge in [0.15, 0.2) is 5.79 Å². The third kappa shape index (κ3) is 7.33. The molecular formula is C42H53NO9S. The first kappa shape index (κ1) is 38.1. The standard InChI is InChI=1S/C42H53NO9S/c1-7-23(2)37-26(5)15-16-41(52-37)20-31-19-30(51-41)13-11-25(4)36(50-39(45)28-12-14-33-34(18-28)53-22-43-33)24(3)9-8-10-29-21-48-38-35(44)27(6)17-32(40(46)49-31)42(29,38)47/h8-12,14,17-18,22-24,26,30-32,35-38,44,47H,7,13,15-16,19-21H2,1-6H3/b9-8+,25-11+,29-10+/t23-,24-,26-,30+,31-,32-,35+,36-,37+,38+,41+,42+/m0/s1. The predicted octanol–water partition coefficient (Wildman–Crippen LogP) is 7.01. The fraction of sp³-hybridized carbons (Fsp3) is 0.595. The van der Waals surface area contributed by atoms with Gasteiger partial charge >= 0.3 is 11.9 Å². The Hall–Kier alpha value is -3.19. The van der Waals surface area contributed by atoms with Crippen molar-refractivity contribution >= 4 is 33.5 Å². The summed E-state index contributed by atoms with van der Waals surface area (Å²) in [7, 11) is 0. The fourth-order valence-electron chi connectivity index (χ4n) is 8.91. The van der Waals surface area contributed by atoms with E-state index in [9.17, 15) is 19.8 Å². The second kappa shape index (κ2) is 15.2. The molecule has 1 aliphatic carbocycles. The Balaban J connectivity index is 1.26. The molecule has 0 radical (unpaired) electrons. The Labute approximate surface area is 315 Å². The van der Waals surface area contributed by atoms with Gasteiger partial charge in [-0.2, -0.15) is 0 Å². The van der Waals surface area contributed by atoms with Crippen LogP contribution in [0.1, 0.15) is 90.4 Å². The number of hydrogen-bond donors (Lipinski definition) is 2. The molecule has 0 amide bonds. The van der Waals surface area contributed by atoms with Gasteiger partial charge in [0.2, 0.25) is 0 Å². The van der Waals surface area contributed by atoms with Gasteiger partial charge in [-0.25, -0.2) is 9.78 Å². The molecule has 2 N–H and O–H groups in total. The first-order valence-electron chi connectivity index (χ1n) is 19.2. The highest BCUT2D eigenvalue weighted by molar-refractivity contribution is 7.16. The van der Waals surface area contributed by atoms with E-state index in [1.807, 2.05) is 32.1 Å². The molecule has 3 fully saturated rings. The number of carbonyl (C=O) groups is 2. The van der Waals surface area contributed by atoms with Gasteiger partial charge in [0.05, 0.1) is 40.1 Å². The summed E-state index contributed by atoms with van der Waals surface area (Å²) >= 11 is 1.47. The third-order valence-corrected chi connectivity index (χ3v) is 13.0. The van der Waals surface area contributed by atoms with Gasteiger partial charge in [-0.3, -0.25) is 4.79 Å². The number of benzene rings is 1. The lowest BCUT2D eigenvalue weighted by Crippen LogP contribution is -2.58. The van der Waals surface area contributed by atoms with Crippen LogP contribution in [0, 0.1) is 23.7 Å². The lowest BCUT2D eigenvalue weighted by molar-refractivity contribution is -0.340. The molecule has 5 aliphatic rings. The topological polar surface area (TPSA) is 134 Å². The third-order valence-electron chi connectivity index (χ3n) is 12.2. The second-order valence-electron chi connectivity index (χ2n) is 16.0. The summed E-state index contributed by atoms with van der Waals surface area (Å²) in [6.45, 7) is 12.3. The summed E-state index contributed by atoms with van der Waals surface area (Å²) in [5.74, 6) is -2.62. The van der Waals surface area contributed by atoms with E-state index in [2.05, 4.69) is 31.8 Å². The van der Waals surface area contributed by atoms with Crippen molar-refractivity contribution in [2.24, 2.45) is 23.7 Å². The zero-order valence-corrected chi connectivity index (χ0v) is 32.3. The summed E-state index contributed by atoms with van der Waals surface area (Å²) in [6, 6.07) is 5.37. The molecule has 0 unspecified atom stereocenters. The summed E-state index contributed by atoms with van der Waals surface area (Å²) < 4.78 is 33.3. The fourth-order valence-corrected chi connectivity index (χ4v) is 9.62. The molecule has 2 aromatic rings. The van der Waals surface area contributed by atoms with Crippen molar-refractivity contribution in [1.29, 1.82) is 0 Å². The van der Waals surface area contributed by atoms with Crippen LogP contribution in [-0.2, 0) is 28.5 Å². The average Bonchev–Trinajstić information content (AvgIpc) is 3.75. The van der Waals surface area contributed by atoms with Gasteiger partial charge in [0, 0.05) is 25.2 Å². The van der Waals surface area contributed by atoms with E-state index in [0.717, 1.165) is 28.6 Å². The normalized spacial score (nSPS) is 40.9. The molecule has 5 heterocycles. The minimum absolute atomic E-state index is 0.00480. The van der Waals surface area contributed by atoms with E-state index in [1.54, 1.807) is 36.7 Å². The Morgan fingerprint density at radius 2 is 1.98 bits per heavy atom. The summed E-state index contributed by atoms with van der Waals surface area (Å²) in [5.41, 5.74) is 3.08. The smallest absolute Gasteiger partial charge is 0.338 e. The van der Waals surface area contributed by atoms with Crippen LogP contribution in [0.2, 0.25) is 0 Å². The van der Waals surface area contributed by atoms with Gasteiger partial charge in [-0.15, -0.1) is 11.3 Å². The number of aliphatic hydroxyl groups excluding tert-OH is 1. The van der Waals surface area contributed by atoms with Crippen LogP contribution in [0.5, 0.6) is 0 Å². The number of rotatable bonds is 4. The average molecular weight is 748 g/mol. The van der Waals surface area contributed by atoms with E-state index in [4.69, 9.17) is 23.7 Å². The minimum Gasteiger partial charge on any atom is -0.462 e. The first-order chi connectivity index (χ1) is 25.3. The van der Waals surface area contributed by atoms with Crippen molar-refractivity contribution in [3.05, 3.63) is 76.4 Å². The van der Waals surface area contributed by atoms with Gasteiger partial charge < -0.3 is 33.9 Å². The highest BCUT2D eigenvalue weighted by atomic mass is 32.1. The number of ether oxygens (including phenoxy) is 5. The molecule has 2 bridgehead atoms. The molecule has 1 spiro atoms. The number of carbonyl (C=O) groups excluding carboxylic acids is 2.